The minimum atomic E-state index is -3.31. The second-order valence-electron chi connectivity index (χ2n) is 5.98. The number of likely N-dealkylation sites (tertiary alicyclic amines) is 1. The Bertz CT molecular complexity index is 670. The van der Waals surface area contributed by atoms with Gasteiger partial charge in [-0.05, 0) is 36.9 Å². The smallest absolute Gasteiger partial charge is 0.321 e. The van der Waals surface area contributed by atoms with Crippen molar-refractivity contribution in [3.63, 3.8) is 0 Å². The number of nitrogens with zero attached hydrogens (tertiary/aromatic N) is 1. The number of carbonyl (C=O) groups is 1. The standard InChI is InChI=1S/C15H19NO4S/c1-10-5-4-8-16(14(10)15(17)18)12-9-21(19,20)13-7-3-2-6-11(12)13/h2-3,6-7,10,12,14H,4-5,8-9H2,1H3,(H,17,18). The molecule has 1 saturated heterocycles. The van der Waals surface area contributed by atoms with Gasteiger partial charge in [0.15, 0.2) is 9.84 Å². The summed E-state index contributed by atoms with van der Waals surface area (Å²) in [6.45, 7) is 2.57. The molecule has 2 aliphatic rings. The van der Waals surface area contributed by atoms with Crippen molar-refractivity contribution in [2.24, 2.45) is 5.92 Å². The summed E-state index contributed by atoms with van der Waals surface area (Å²) < 4.78 is 24.6. The van der Waals surface area contributed by atoms with Gasteiger partial charge in [-0.2, -0.15) is 0 Å². The molecule has 5 nitrogen and oxygen atoms in total. The first kappa shape index (κ1) is 14.5. The van der Waals surface area contributed by atoms with Crippen LogP contribution in [0, 0.1) is 5.92 Å². The number of benzene rings is 1. The molecular formula is C15H19NO4S. The van der Waals surface area contributed by atoms with Gasteiger partial charge in [0, 0.05) is 0 Å². The third-order valence-electron chi connectivity index (χ3n) is 4.62. The molecule has 114 valence electrons. The highest BCUT2D eigenvalue weighted by molar-refractivity contribution is 7.91. The van der Waals surface area contributed by atoms with Crippen LogP contribution in [-0.2, 0) is 14.6 Å². The fourth-order valence-corrected chi connectivity index (χ4v) is 5.47. The van der Waals surface area contributed by atoms with E-state index in [0.29, 0.717) is 11.4 Å². The summed E-state index contributed by atoms with van der Waals surface area (Å²) in [6, 6.07) is 6.01. The fourth-order valence-electron chi connectivity index (χ4n) is 3.66. The Morgan fingerprint density at radius 2 is 2.05 bits per heavy atom. The molecule has 2 heterocycles. The molecule has 0 aliphatic carbocycles. The van der Waals surface area contributed by atoms with Crippen LogP contribution >= 0.6 is 0 Å². The highest BCUT2D eigenvalue weighted by Gasteiger charge is 2.44. The molecule has 0 spiro atoms. The zero-order chi connectivity index (χ0) is 15.2. The summed E-state index contributed by atoms with van der Waals surface area (Å²) in [5.41, 5.74) is 0.748. The molecule has 1 aromatic rings. The molecule has 3 unspecified atom stereocenters. The maximum Gasteiger partial charge on any atom is 0.321 e. The first-order valence-corrected chi connectivity index (χ1v) is 8.87. The van der Waals surface area contributed by atoms with Crippen molar-refractivity contribution in [2.45, 2.75) is 36.7 Å². The van der Waals surface area contributed by atoms with Crippen molar-refractivity contribution in [2.75, 3.05) is 12.3 Å². The molecule has 6 heteroatoms. The van der Waals surface area contributed by atoms with Gasteiger partial charge in [-0.15, -0.1) is 0 Å². The van der Waals surface area contributed by atoms with Crippen molar-refractivity contribution >= 4 is 15.8 Å². The molecule has 0 amide bonds. The topological polar surface area (TPSA) is 74.7 Å². The first-order valence-electron chi connectivity index (χ1n) is 7.22. The number of sulfone groups is 1. The monoisotopic (exact) mass is 309 g/mol. The molecule has 0 saturated carbocycles. The number of rotatable bonds is 2. The number of aliphatic carboxylic acids is 1. The van der Waals surface area contributed by atoms with Crippen molar-refractivity contribution in [3.8, 4) is 0 Å². The molecule has 1 aromatic carbocycles. The summed E-state index contributed by atoms with van der Waals surface area (Å²) >= 11 is 0. The van der Waals surface area contributed by atoms with Crippen LogP contribution in [0.4, 0.5) is 0 Å². The highest BCUT2D eigenvalue weighted by Crippen LogP contribution is 2.40. The summed E-state index contributed by atoms with van der Waals surface area (Å²) in [7, 11) is -3.31. The van der Waals surface area contributed by atoms with Gasteiger partial charge in [0.25, 0.3) is 0 Å². The van der Waals surface area contributed by atoms with E-state index < -0.39 is 21.8 Å². The zero-order valence-corrected chi connectivity index (χ0v) is 12.7. The van der Waals surface area contributed by atoms with Crippen LogP contribution in [0.5, 0.6) is 0 Å². The van der Waals surface area contributed by atoms with Crippen molar-refractivity contribution in [3.05, 3.63) is 29.8 Å². The van der Waals surface area contributed by atoms with Gasteiger partial charge in [-0.1, -0.05) is 25.1 Å². The normalized spacial score (nSPS) is 31.8. The molecule has 1 fully saturated rings. The molecule has 3 rings (SSSR count). The Balaban J connectivity index is 2.03. The van der Waals surface area contributed by atoms with Crippen LogP contribution in [0.2, 0.25) is 0 Å². The van der Waals surface area contributed by atoms with E-state index >= 15 is 0 Å². The van der Waals surface area contributed by atoms with Crippen LogP contribution in [0.15, 0.2) is 29.2 Å². The van der Waals surface area contributed by atoms with E-state index in [1.54, 1.807) is 12.1 Å². The molecule has 2 aliphatic heterocycles. The van der Waals surface area contributed by atoms with E-state index in [-0.39, 0.29) is 17.7 Å². The van der Waals surface area contributed by atoms with Gasteiger partial charge in [-0.3, -0.25) is 9.69 Å². The Labute approximate surface area is 124 Å². The van der Waals surface area contributed by atoms with Gasteiger partial charge in [0.1, 0.15) is 6.04 Å². The number of carboxylic acids is 1. The van der Waals surface area contributed by atoms with E-state index in [4.69, 9.17) is 0 Å². The molecule has 1 N–H and O–H groups in total. The fraction of sp³-hybridized carbons (Fsp3) is 0.533. The van der Waals surface area contributed by atoms with Crippen LogP contribution in [0.25, 0.3) is 0 Å². The second kappa shape index (κ2) is 5.10. The van der Waals surface area contributed by atoms with Crippen LogP contribution in [0.1, 0.15) is 31.4 Å². The average Bonchev–Trinajstić information content (AvgIpc) is 2.71. The zero-order valence-electron chi connectivity index (χ0n) is 11.9. The van der Waals surface area contributed by atoms with E-state index in [0.717, 1.165) is 18.4 Å². The first-order chi connectivity index (χ1) is 9.92. The molecule has 0 bridgehead atoms. The van der Waals surface area contributed by atoms with E-state index in [2.05, 4.69) is 0 Å². The molecule has 0 radical (unpaired) electrons. The van der Waals surface area contributed by atoms with Gasteiger partial charge in [-0.25, -0.2) is 8.42 Å². The summed E-state index contributed by atoms with van der Waals surface area (Å²) in [4.78, 5) is 13.8. The van der Waals surface area contributed by atoms with Crippen LogP contribution in [0.3, 0.4) is 0 Å². The van der Waals surface area contributed by atoms with Gasteiger partial charge in [0.2, 0.25) is 0 Å². The van der Waals surface area contributed by atoms with Crippen LogP contribution < -0.4 is 0 Å². The molecule has 0 aromatic heterocycles. The minimum absolute atomic E-state index is 0.0111. The molecular weight excluding hydrogens is 290 g/mol. The number of carboxylic acid groups (broad SMARTS) is 1. The van der Waals surface area contributed by atoms with Crippen molar-refractivity contribution in [1.29, 1.82) is 0 Å². The number of hydrogen-bond donors (Lipinski definition) is 1. The van der Waals surface area contributed by atoms with Crippen molar-refractivity contribution in [1.82, 2.24) is 4.90 Å². The lowest BCUT2D eigenvalue weighted by molar-refractivity contribution is -0.148. The highest BCUT2D eigenvalue weighted by atomic mass is 32.2. The summed E-state index contributed by atoms with van der Waals surface area (Å²) in [5, 5.41) is 9.53. The maximum absolute atomic E-state index is 12.3. The predicted molar refractivity (Wildman–Crippen MR) is 77.8 cm³/mol. The van der Waals surface area contributed by atoms with Gasteiger partial charge in [0.05, 0.1) is 16.7 Å². The Hall–Kier alpha value is -1.40. The predicted octanol–water partition coefficient (Wildman–Crippen LogP) is 1.70. The van der Waals surface area contributed by atoms with E-state index in [1.165, 1.54) is 0 Å². The Kier molecular flexibility index (Phi) is 3.53. The average molecular weight is 309 g/mol. The largest absolute Gasteiger partial charge is 0.480 e. The quantitative estimate of drug-likeness (QED) is 0.900. The minimum Gasteiger partial charge on any atom is -0.480 e. The number of piperidine rings is 1. The number of hydrogen-bond acceptors (Lipinski definition) is 4. The van der Waals surface area contributed by atoms with Crippen LogP contribution in [-0.4, -0.2) is 42.7 Å². The molecule has 3 atom stereocenters. The second-order valence-corrected chi connectivity index (χ2v) is 7.98. The Morgan fingerprint density at radius 1 is 1.33 bits per heavy atom. The lowest BCUT2D eigenvalue weighted by Gasteiger charge is -2.40. The summed E-state index contributed by atoms with van der Waals surface area (Å²) in [5.74, 6) is -0.834. The van der Waals surface area contributed by atoms with E-state index in [9.17, 15) is 18.3 Å². The lowest BCUT2D eigenvalue weighted by Crippen LogP contribution is -2.51. The van der Waals surface area contributed by atoms with Crippen molar-refractivity contribution < 1.29 is 18.3 Å². The van der Waals surface area contributed by atoms with Gasteiger partial charge >= 0.3 is 5.97 Å². The lowest BCUT2D eigenvalue weighted by atomic mass is 9.88. The third kappa shape index (κ3) is 2.36. The van der Waals surface area contributed by atoms with E-state index in [1.807, 2.05) is 24.0 Å². The maximum atomic E-state index is 12.3. The number of fused-ring (bicyclic) bond motifs is 1. The Morgan fingerprint density at radius 3 is 2.76 bits per heavy atom. The third-order valence-corrected chi connectivity index (χ3v) is 6.41. The molecule has 21 heavy (non-hydrogen) atoms. The SMILES string of the molecule is CC1CCCN(C2CS(=O)(=O)c3ccccc32)C1C(=O)O. The van der Waals surface area contributed by atoms with Gasteiger partial charge < -0.3 is 5.11 Å². The summed E-state index contributed by atoms with van der Waals surface area (Å²) in [6.07, 6.45) is 1.78.